The first kappa shape index (κ1) is 14.6. The quantitative estimate of drug-likeness (QED) is 0.851. The zero-order valence-corrected chi connectivity index (χ0v) is 12.2. The van der Waals surface area contributed by atoms with E-state index in [1.807, 2.05) is 37.8 Å². The number of nitrogens with two attached hydrogens (primary N) is 1. The summed E-state index contributed by atoms with van der Waals surface area (Å²) in [5, 5.41) is 2.92. The van der Waals surface area contributed by atoms with Crippen LogP contribution in [0, 0.1) is 6.92 Å². The van der Waals surface area contributed by atoms with E-state index in [2.05, 4.69) is 10.3 Å². The Morgan fingerprint density at radius 1 is 1.55 bits per heavy atom. The summed E-state index contributed by atoms with van der Waals surface area (Å²) in [5.41, 5.74) is 7.47. The lowest BCUT2D eigenvalue weighted by Gasteiger charge is -2.36. The molecule has 1 unspecified atom stereocenters. The van der Waals surface area contributed by atoms with Gasteiger partial charge in [-0.15, -0.1) is 0 Å². The van der Waals surface area contributed by atoms with E-state index in [4.69, 9.17) is 10.5 Å². The van der Waals surface area contributed by atoms with E-state index in [0.717, 1.165) is 5.69 Å². The third-order valence-corrected chi connectivity index (χ3v) is 3.18. The smallest absolute Gasteiger partial charge is 0.245 e. The van der Waals surface area contributed by atoms with Crippen LogP contribution in [0.25, 0.3) is 0 Å². The first-order valence-electron chi connectivity index (χ1n) is 6.87. The highest BCUT2D eigenvalue weighted by atomic mass is 16.5. The molecule has 20 heavy (non-hydrogen) atoms. The normalized spacial score (nSPS) is 19.2. The van der Waals surface area contributed by atoms with Gasteiger partial charge >= 0.3 is 0 Å². The number of aromatic nitrogens is 1. The Bertz CT molecular complexity index is 490. The Morgan fingerprint density at radius 2 is 2.30 bits per heavy atom. The molecule has 6 heteroatoms. The van der Waals surface area contributed by atoms with Crippen molar-refractivity contribution in [3.8, 4) is 0 Å². The van der Waals surface area contributed by atoms with Crippen molar-refractivity contribution in [2.45, 2.75) is 32.9 Å². The highest BCUT2D eigenvalue weighted by molar-refractivity contribution is 5.86. The van der Waals surface area contributed by atoms with Gasteiger partial charge in [-0.2, -0.15) is 0 Å². The zero-order valence-electron chi connectivity index (χ0n) is 12.2. The van der Waals surface area contributed by atoms with Crippen molar-refractivity contribution >= 4 is 17.4 Å². The maximum absolute atomic E-state index is 12.3. The maximum atomic E-state index is 12.3. The molecule has 1 aromatic rings. The van der Waals surface area contributed by atoms with Gasteiger partial charge in [-0.25, -0.2) is 4.98 Å². The van der Waals surface area contributed by atoms with Crippen molar-refractivity contribution in [3.05, 3.63) is 17.8 Å². The first-order chi connectivity index (χ1) is 9.49. The Hall–Kier alpha value is -1.82. The van der Waals surface area contributed by atoms with Crippen LogP contribution >= 0.6 is 0 Å². The van der Waals surface area contributed by atoms with Crippen LogP contribution in [-0.2, 0) is 9.53 Å². The number of nitrogen functional groups attached to an aromatic ring is 1. The van der Waals surface area contributed by atoms with Crippen molar-refractivity contribution in [3.63, 3.8) is 0 Å². The van der Waals surface area contributed by atoms with E-state index >= 15 is 0 Å². The molecule has 2 heterocycles. The molecular weight excluding hydrogens is 256 g/mol. The van der Waals surface area contributed by atoms with Crippen LogP contribution in [0.3, 0.4) is 0 Å². The summed E-state index contributed by atoms with van der Waals surface area (Å²) in [6, 6.07) is 3.39. The summed E-state index contributed by atoms with van der Waals surface area (Å²) < 4.78 is 5.44. The second-order valence-electron chi connectivity index (χ2n) is 5.31. The summed E-state index contributed by atoms with van der Waals surface area (Å²) in [7, 11) is 0. The number of anilines is 2. The average molecular weight is 278 g/mol. The van der Waals surface area contributed by atoms with Crippen LogP contribution in [0.4, 0.5) is 11.5 Å². The molecule has 2 rings (SSSR count). The van der Waals surface area contributed by atoms with Crippen molar-refractivity contribution in [1.82, 2.24) is 10.3 Å². The van der Waals surface area contributed by atoms with Gasteiger partial charge in [0, 0.05) is 18.3 Å². The summed E-state index contributed by atoms with van der Waals surface area (Å²) in [6.07, 6.45) is 0. The fourth-order valence-corrected chi connectivity index (χ4v) is 2.24. The minimum absolute atomic E-state index is 0.0533. The zero-order chi connectivity index (χ0) is 14.7. The van der Waals surface area contributed by atoms with Crippen LogP contribution in [0.5, 0.6) is 0 Å². The molecule has 0 aromatic carbocycles. The molecule has 1 saturated heterocycles. The van der Waals surface area contributed by atoms with Crippen LogP contribution in [0.1, 0.15) is 19.5 Å². The lowest BCUT2D eigenvalue weighted by Crippen LogP contribution is -2.55. The van der Waals surface area contributed by atoms with Crippen molar-refractivity contribution in [2.75, 3.05) is 30.4 Å². The summed E-state index contributed by atoms with van der Waals surface area (Å²) >= 11 is 0. The van der Waals surface area contributed by atoms with Gasteiger partial charge in [0.05, 0.1) is 18.9 Å². The number of hydrogen-bond acceptors (Lipinski definition) is 5. The van der Waals surface area contributed by atoms with Crippen molar-refractivity contribution in [2.24, 2.45) is 0 Å². The van der Waals surface area contributed by atoms with Gasteiger partial charge in [0.1, 0.15) is 6.04 Å². The van der Waals surface area contributed by atoms with Crippen LogP contribution in [-0.4, -0.2) is 42.7 Å². The summed E-state index contributed by atoms with van der Waals surface area (Å²) in [4.78, 5) is 18.7. The largest absolute Gasteiger partial charge is 0.396 e. The third-order valence-electron chi connectivity index (χ3n) is 3.18. The molecule has 0 saturated carbocycles. The number of aryl methyl sites for hydroxylation is 1. The molecule has 0 aliphatic carbocycles. The standard InChI is InChI=1S/C14H22N4O2/c1-9(2)16-14(19)12-8-20-7-6-18(12)13-11(15)5-4-10(3)17-13/h4-5,9,12H,6-8,15H2,1-3H3,(H,16,19). The number of ether oxygens (including phenoxy) is 1. The molecular formula is C14H22N4O2. The van der Waals surface area contributed by atoms with E-state index in [9.17, 15) is 4.79 Å². The minimum atomic E-state index is -0.386. The van der Waals surface area contributed by atoms with Gasteiger partial charge in [-0.05, 0) is 32.9 Å². The van der Waals surface area contributed by atoms with Gasteiger partial charge in [-0.3, -0.25) is 4.79 Å². The van der Waals surface area contributed by atoms with Crippen LogP contribution < -0.4 is 16.0 Å². The molecule has 1 aromatic heterocycles. The molecule has 1 atom stereocenters. The Kier molecular flexibility index (Phi) is 4.44. The fraction of sp³-hybridized carbons (Fsp3) is 0.571. The van der Waals surface area contributed by atoms with E-state index in [1.165, 1.54) is 0 Å². The fourth-order valence-electron chi connectivity index (χ4n) is 2.24. The number of nitrogens with zero attached hydrogens (tertiary/aromatic N) is 2. The second-order valence-corrected chi connectivity index (χ2v) is 5.31. The molecule has 0 radical (unpaired) electrons. The molecule has 0 bridgehead atoms. The van der Waals surface area contributed by atoms with Crippen LogP contribution in [0.2, 0.25) is 0 Å². The highest BCUT2D eigenvalue weighted by Crippen LogP contribution is 2.24. The second kappa shape index (κ2) is 6.09. The number of hydrogen-bond donors (Lipinski definition) is 2. The molecule has 0 spiro atoms. The lowest BCUT2D eigenvalue weighted by atomic mass is 10.2. The molecule has 1 aliphatic rings. The molecule has 110 valence electrons. The summed E-state index contributed by atoms with van der Waals surface area (Å²) in [6.45, 7) is 7.31. The topological polar surface area (TPSA) is 80.5 Å². The van der Waals surface area contributed by atoms with Gasteiger partial charge < -0.3 is 20.7 Å². The molecule has 3 N–H and O–H groups in total. The highest BCUT2D eigenvalue weighted by Gasteiger charge is 2.31. The Balaban J connectivity index is 2.26. The molecule has 1 aliphatic heterocycles. The Morgan fingerprint density at radius 3 is 3.00 bits per heavy atom. The van der Waals surface area contributed by atoms with E-state index in [0.29, 0.717) is 31.3 Å². The predicted molar refractivity (Wildman–Crippen MR) is 78.6 cm³/mol. The molecule has 1 fully saturated rings. The average Bonchev–Trinajstić information content (AvgIpc) is 2.41. The predicted octanol–water partition coefficient (Wildman–Crippen LogP) is 0.702. The number of amides is 1. The number of carbonyl (C=O) groups excluding carboxylic acids is 1. The van der Waals surface area contributed by atoms with Crippen molar-refractivity contribution < 1.29 is 9.53 Å². The Labute approximate surface area is 119 Å². The van der Waals surface area contributed by atoms with Gasteiger partial charge in [0.2, 0.25) is 5.91 Å². The van der Waals surface area contributed by atoms with E-state index in [1.54, 1.807) is 0 Å². The number of nitrogens with one attached hydrogen (secondary N) is 1. The number of pyridine rings is 1. The monoisotopic (exact) mass is 278 g/mol. The summed E-state index contributed by atoms with van der Waals surface area (Å²) in [5.74, 6) is 0.611. The van der Waals surface area contributed by atoms with E-state index in [-0.39, 0.29) is 18.0 Å². The number of morpholine rings is 1. The number of carbonyl (C=O) groups is 1. The molecule has 6 nitrogen and oxygen atoms in total. The van der Waals surface area contributed by atoms with Gasteiger partial charge in [0.25, 0.3) is 0 Å². The lowest BCUT2D eigenvalue weighted by molar-refractivity contribution is -0.125. The SMILES string of the molecule is Cc1ccc(N)c(N2CCOCC2C(=O)NC(C)C)n1. The number of rotatable bonds is 3. The minimum Gasteiger partial charge on any atom is -0.396 e. The van der Waals surface area contributed by atoms with Gasteiger partial charge in [0.15, 0.2) is 5.82 Å². The maximum Gasteiger partial charge on any atom is 0.245 e. The third kappa shape index (κ3) is 3.19. The van der Waals surface area contributed by atoms with E-state index < -0.39 is 0 Å². The van der Waals surface area contributed by atoms with Crippen LogP contribution in [0.15, 0.2) is 12.1 Å². The van der Waals surface area contributed by atoms with Crippen molar-refractivity contribution in [1.29, 1.82) is 0 Å². The molecule has 1 amide bonds. The first-order valence-corrected chi connectivity index (χ1v) is 6.87. The van der Waals surface area contributed by atoms with Gasteiger partial charge in [-0.1, -0.05) is 0 Å².